The molecule has 1 amide bonds. The van der Waals surface area contributed by atoms with Crippen molar-refractivity contribution in [3.8, 4) is 0 Å². The van der Waals surface area contributed by atoms with Crippen molar-refractivity contribution in [2.75, 3.05) is 50.8 Å². The Bertz CT molecular complexity index is 559. The van der Waals surface area contributed by atoms with Crippen molar-refractivity contribution in [2.24, 2.45) is 0 Å². The van der Waals surface area contributed by atoms with Gasteiger partial charge < -0.3 is 9.64 Å². The van der Waals surface area contributed by atoms with Crippen LogP contribution in [0.4, 0.5) is 5.69 Å². The van der Waals surface area contributed by atoms with E-state index in [1.54, 1.807) is 0 Å². The molecule has 1 aromatic carbocycles. The number of morpholine rings is 1. The molecule has 3 saturated heterocycles. The van der Waals surface area contributed by atoms with Crippen LogP contribution < -0.4 is 4.90 Å². The molecule has 3 aliphatic heterocycles. The summed E-state index contributed by atoms with van der Waals surface area (Å²) >= 11 is 0. The third-order valence-corrected chi connectivity index (χ3v) is 5.68. The molecule has 0 N–H and O–H groups in total. The lowest BCUT2D eigenvalue weighted by Crippen LogP contribution is -2.55. The summed E-state index contributed by atoms with van der Waals surface area (Å²) in [6, 6.07) is 10.7. The summed E-state index contributed by atoms with van der Waals surface area (Å²) in [5.41, 5.74) is 1.03. The van der Waals surface area contributed by atoms with E-state index in [0.29, 0.717) is 6.04 Å². The third-order valence-electron chi connectivity index (χ3n) is 5.68. The largest absolute Gasteiger partial charge is 0.379 e. The normalized spacial score (nSPS) is 30.0. The number of hydrogen-bond acceptors (Lipinski definition) is 4. The second-order valence-electron chi connectivity index (χ2n) is 7.07. The fourth-order valence-corrected chi connectivity index (χ4v) is 4.37. The van der Waals surface area contributed by atoms with Crippen LogP contribution in [0, 0.1) is 0 Å². The molecule has 130 valence electrons. The van der Waals surface area contributed by atoms with Crippen LogP contribution in [0.1, 0.15) is 19.3 Å². The molecule has 0 spiro atoms. The smallest absolute Gasteiger partial charge is 0.244 e. The van der Waals surface area contributed by atoms with E-state index in [9.17, 15) is 4.79 Å². The van der Waals surface area contributed by atoms with Gasteiger partial charge in [0.15, 0.2) is 0 Å². The van der Waals surface area contributed by atoms with Gasteiger partial charge in [0.2, 0.25) is 5.91 Å². The minimum Gasteiger partial charge on any atom is -0.379 e. The zero-order valence-corrected chi connectivity index (χ0v) is 14.3. The van der Waals surface area contributed by atoms with Crippen LogP contribution >= 0.6 is 0 Å². The Hall–Kier alpha value is -1.43. The summed E-state index contributed by atoms with van der Waals surface area (Å²) in [5.74, 6) is 0.281. The van der Waals surface area contributed by atoms with Gasteiger partial charge >= 0.3 is 0 Å². The molecule has 5 nitrogen and oxygen atoms in total. The summed E-state index contributed by atoms with van der Waals surface area (Å²) in [6.45, 7) is 6.69. The first-order valence-electron chi connectivity index (χ1n) is 9.25. The number of ether oxygens (including phenoxy) is 1. The molecule has 0 aliphatic carbocycles. The highest BCUT2D eigenvalue weighted by Gasteiger charge is 2.39. The topological polar surface area (TPSA) is 36.0 Å². The number of hydrogen-bond donors (Lipinski definition) is 0. The summed E-state index contributed by atoms with van der Waals surface area (Å²) in [6.07, 6.45) is 3.39. The van der Waals surface area contributed by atoms with Gasteiger partial charge in [0, 0.05) is 37.9 Å². The molecular formula is C19H27N3O2. The van der Waals surface area contributed by atoms with E-state index in [-0.39, 0.29) is 11.9 Å². The first-order chi connectivity index (χ1) is 11.8. The van der Waals surface area contributed by atoms with Crippen LogP contribution in [0.3, 0.4) is 0 Å². The summed E-state index contributed by atoms with van der Waals surface area (Å²) < 4.78 is 5.48. The van der Waals surface area contributed by atoms with Gasteiger partial charge in [0.1, 0.15) is 0 Å². The number of piperidine rings is 1. The van der Waals surface area contributed by atoms with E-state index in [0.717, 1.165) is 58.0 Å². The molecule has 2 unspecified atom stereocenters. The highest BCUT2D eigenvalue weighted by molar-refractivity contribution is 5.99. The maximum Gasteiger partial charge on any atom is 0.244 e. The van der Waals surface area contributed by atoms with Gasteiger partial charge in [-0.15, -0.1) is 0 Å². The predicted molar refractivity (Wildman–Crippen MR) is 94.2 cm³/mol. The standard InChI is InChI=1S/C19H27N3O2/c23-19-18(8-10-22(19)16-5-2-1-3-6-16)21-9-4-7-17(15-21)20-11-13-24-14-12-20/h1-3,5-6,17-18H,4,7-15H2. The van der Waals surface area contributed by atoms with Crippen LogP contribution in [0.25, 0.3) is 0 Å². The summed E-state index contributed by atoms with van der Waals surface area (Å²) in [7, 11) is 0. The molecule has 3 fully saturated rings. The summed E-state index contributed by atoms with van der Waals surface area (Å²) in [5, 5.41) is 0. The maximum atomic E-state index is 12.9. The maximum absolute atomic E-state index is 12.9. The van der Waals surface area contributed by atoms with Crippen LogP contribution in [0.2, 0.25) is 0 Å². The Kier molecular flexibility index (Phi) is 4.83. The van der Waals surface area contributed by atoms with Crippen LogP contribution in [0.15, 0.2) is 30.3 Å². The average molecular weight is 329 g/mol. The molecule has 0 bridgehead atoms. The monoisotopic (exact) mass is 329 g/mol. The van der Waals surface area contributed by atoms with Crippen LogP contribution in [-0.2, 0) is 9.53 Å². The first kappa shape index (κ1) is 16.1. The zero-order chi connectivity index (χ0) is 16.4. The molecule has 24 heavy (non-hydrogen) atoms. The highest BCUT2D eigenvalue weighted by Crippen LogP contribution is 2.27. The Labute approximate surface area is 144 Å². The predicted octanol–water partition coefficient (Wildman–Crippen LogP) is 1.59. The molecule has 0 saturated carbocycles. The van der Waals surface area contributed by atoms with Crippen LogP contribution in [-0.4, -0.2) is 73.7 Å². The Balaban J connectivity index is 1.41. The number of carbonyl (C=O) groups excluding carboxylic acids is 1. The van der Waals surface area contributed by atoms with Gasteiger partial charge in [-0.1, -0.05) is 18.2 Å². The molecule has 0 aromatic heterocycles. The molecular weight excluding hydrogens is 302 g/mol. The van der Waals surface area contributed by atoms with Gasteiger partial charge in [0.25, 0.3) is 0 Å². The van der Waals surface area contributed by atoms with Crippen molar-refractivity contribution in [2.45, 2.75) is 31.3 Å². The number of carbonyl (C=O) groups is 1. The van der Waals surface area contributed by atoms with Crippen molar-refractivity contribution >= 4 is 11.6 Å². The van der Waals surface area contributed by atoms with Gasteiger partial charge in [0.05, 0.1) is 19.3 Å². The number of amides is 1. The van der Waals surface area contributed by atoms with E-state index in [1.807, 2.05) is 35.2 Å². The molecule has 2 atom stereocenters. The quantitative estimate of drug-likeness (QED) is 0.844. The van der Waals surface area contributed by atoms with Gasteiger partial charge in [-0.3, -0.25) is 14.6 Å². The number of nitrogens with zero attached hydrogens (tertiary/aromatic N) is 3. The minimum atomic E-state index is 0.0639. The number of rotatable bonds is 3. The van der Waals surface area contributed by atoms with E-state index < -0.39 is 0 Å². The first-order valence-corrected chi connectivity index (χ1v) is 9.25. The zero-order valence-electron chi connectivity index (χ0n) is 14.3. The van der Waals surface area contributed by atoms with Crippen LogP contribution in [0.5, 0.6) is 0 Å². The van der Waals surface area contributed by atoms with Gasteiger partial charge in [-0.25, -0.2) is 0 Å². The summed E-state index contributed by atoms with van der Waals surface area (Å²) in [4.78, 5) is 19.9. The molecule has 1 aromatic rings. The van der Waals surface area contributed by atoms with E-state index in [1.165, 1.54) is 12.8 Å². The molecule has 3 heterocycles. The SMILES string of the molecule is O=C1C(N2CCCC(N3CCOCC3)C2)CCN1c1ccccc1. The second-order valence-corrected chi connectivity index (χ2v) is 7.07. The fourth-order valence-electron chi connectivity index (χ4n) is 4.37. The van der Waals surface area contributed by atoms with E-state index >= 15 is 0 Å². The lowest BCUT2D eigenvalue weighted by Gasteiger charge is -2.42. The minimum absolute atomic E-state index is 0.0639. The van der Waals surface area contributed by atoms with Crippen molar-refractivity contribution in [3.63, 3.8) is 0 Å². The van der Waals surface area contributed by atoms with Gasteiger partial charge in [-0.05, 0) is 37.9 Å². The number of benzene rings is 1. The van der Waals surface area contributed by atoms with Crippen molar-refractivity contribution in [1.29, 1.82) is 0 Å². The third kappa shape index (κ3) is 3.21. The Morgan fingerprint density at radius 3 is 2.50 bits per heavy atom. The number of anilines is 1. The molecule has 3 aliphatic rings. The average Bonchev–Trinajstić information content (AvgIpc) is 3.05. The highest BCUT2D eigenvalue weighted by atomic mass is 16.5. The lowest BCUT2D eigenvalue weighted by molar-refractivity contribution is -0.122. The van der Waals surface area contributed by atoms with E-state index in [4.69, 9.17) is 4.74 Å². The number of para-hydroxylation sites is 1. The van der Waals surface area contributed by atoms with Crippen molar-refractivity contribution < 1.29 is 9.53 Å². The Morgan fingerprint density at radius 1 is 0.917 bits per heavy atom. The Morgan fingerprint density at radius 2 is 1.71 bits per heavy atom. The molecule has 4 rings (SSSR count). The van der Waals surface area contributed by atoms with E-state index in [2.05, 4.69) is 9.80 Å². The fraction of sp³-hybridized carbons (Fsp3) is 0.632. The van der Waals surface area contributed by atoms with Crippen molar-refractivity contribution in [3.05, 3.63) is 30.3 Å². The lowest BCUT2D eigenvalue weighted by atomic mass is 10.0. The number of likely N-dealkylation sites (tertiary alicyclic amines) is 1. The molecule has 5 heteroatoms. The molecule has 0 radical (unpaired) electrons. The van der Waals surface area contributed by atoms with Crippen molar-refractivity contribution in [1.82, 2.24) is 9.80 Å². The van der Waals surface area contributed by atoms with Gasteiger partial charge in [-0.2, -0.15) is 0 Å². The second kappa shape index (κ2) is 7.21.